The predicted molar refractivity (Wildman–Crippen MR) is 87.3 cm³/mol. The Bertz CT molecular complexity index is 541. The fourth-order valence-corrected chi connectivity index (χ4v) is 4.84. The Kier molecular flexibility index (Phi) is 4.84. The van der Waals surface area contributed by atoms with Crippen molar-refractivity contribution < 1.29 is 0 Å². The minimum atomic E-state index is -1.17. The standard InChI is InChI=1S/C17H20ClSi/c1-4-14-10-15(5-2)12-16(11-14)19(18)17-9-7-6-8-13(17)3/h6-12H,4-5H2,1-3H3. The van der Waals surface area contributed by atoms with Gasteiger partial charge in [0.15, 0.2) is 0 Å². The van der Waals surface area contributed by atoms with E-state index in [0.717, 1.165) is 12.8 Å². The highest BCUT2D eigenvalue weighted by Gasteiger charge is 2.17. The van der Waals surface area contributed by atoms with Crippen molar-refractivity contribution in [2.24, 2.45) is 0 Å². The number of benzene rings is 2. The summed E-state index contributed by atoms with van der Waals surface area (Å²) in [5, 5.41) is 2.63. The number of halogens is 1. The van der Waals surface area contributed by atoms with E-state index in [9.17, 15) is 0 Å². The second-order valence-electron chi connectivity index (χ2n) is 4.87. The van der Waals surface area contributed by atoms with Crippen LogP contribution in [0.3, 0.4) is 0 Å². The van der Waals surface area contributed by atoms with E-state index < -0.39 is 8.11 Å². The number of hydrogen-bond acceptors (Lipinski definition) is 0. The summed E-state index contributed by atoms with van der Waals surface area (Å²) >= 11 is 6.80. The summed E-state index contributed by atoms with van der Waals surface area (Å²) in [6.45, 7) is 6.55. The van der Waals surface area contributed by atoms with Gasteiger partial charge in [0.1, 0.15) is 0 Å². The van der Waals surface area contributed by atoms with Gasteiger partial charge in [-0.25, -0.2) is 0 Å². The lowest BCUT2D eigenvalue weighted by Crippen LogP contribution is -2.39. The molecule has 19 heavy (non-hydrogen) atoms. The summed E-state index contributed by atoms with van der Waals surface area (Å²) < 4.78 is 0. The number of hydrogen-bond donors (Lipinski definition) is 0. The molecule has 2 heteroatoms. The van der Waals surface area contributed by atoms with E-state index in [0.29, 0.717) is 0 Å². The van der Waals surface area contributed by atoms with Gasteiger partial charge in [-0.15, -0.1) is 0 Å². The molecule has 0 saturated carbocycles. The third-order valence-corrected chi connectivity index (χ3v) is 6.60. The van der Waals surface area contributed by atoms with Crippen LogP contribution in [0.5, 0.6) is 0 Å². The normalized spacial score (nSPS) is 11.0. The van der Waals surface area contributed by atoms with E-state index in [-0.39, 0.29) is 0 Å². The summed E-state index contributed by atoms with van der Waals surface area (Å²) in [6.07, 6.45) is 2.14. The van der Waals surface area contributed by atoms with Crippen molar-refractivity contribution in [3.05, 3.63) is 59.2 Å². The zero-order valence-electron chi connectivity index (χ0n) is 11.8. The van der Waals surface area contributed by atoms with Crippen LogP contribution in [0.15, 0.2) is 42.5 Å². The second-order valence-corrected chi connectivity index (χ2v) is 7.75. The Labute approximate surface area is 122 Å². The topological polar surface area (TPSA) is 0 Å². The van der Waals surface area contributed by atoms with Crippen LogP contribution in [0.1, 0.15) is 30.5 Å². The largest absolute Gasteiger partial charge is 0.234 e. The van der Waals surface area contributed by atoms with Crippen molar-refractivity contribution in [2.75, 3.05) is 0 Å². The lowest BCUT2D eigenvalue weighted by atomic mass is 10.1. The van der Waals surface area contributed by atoms with Crippen molar-refractivity contribution in [1.29, 1.82) is 0 Å². The second kappa shape index (κ2) is 6.40. The van der Waals surface area contributed by atoms with Crippen LogP contribution in [0.2, 0.25) is 0 Å². The molecule has 0 saturated heterocycles. The summed E-state index contributed by atoms with van der Waals surface area (Å²) in [5.74, 6) is 0. The van der Waals surface area contributed by atoms with Gasteiger partial charge in [-0.1, -0.05) is 61.9 Å². The Morgan fingerprint density at radius 1 is 0.947 bits per heavy atom. The van der Waals surface area contributed by atoms with E-state index >= 15 is 0 Å². The Morgan fingerprint density at radius 3 is 2.05 bits per heavy atom. The Morgan fingerprint density at radius 2 is 1.53 bits per heavy atom. The zero-order chi connectivity index (χ0) is 13.8. The maximum absolute atomic E-state index is 6.80. The van der Waals surface area contributed by atoms with Gasteiger partial charge in [-0.3, -0.25) is 0 Å². The zero-order valence-corrected chi connectivity index (χ0v) is 13.6. The molecule has 1 radical (unpaired) electrons. The van der Waals surface area contributed by atoms with Crippen LogP contribution in [0, 0.1) is 6.92 Å². The minimum absolute atomic E-state index is 1.07. The summed E-state index contributed by atoms with van der Waals surface area (Å²) in [5.41, 5.74) is 4.09. The van der Waals surface area contributed by atoms with Gasteiger partial charge in [-0.05, 0) is 41.3 Å². The molecule has 0 amide bonds. The number of aryl methyl sites for hydroxylation is 3. The monoisotopic (exact) mass is 287 g/mol. The molecule has 2 rings (SSSR count). The van der Waals surface area contributed by atoms with Crippen LogP contribution in [0.25, 0.3) is 0 Å². The molecule has 0 atom stereocenters. The third-order valence-electron chi connectivity index (χ3n) is 3.50. The predicted octanol–water partition coefficient (Wildman–Crippen LogP) is 3.46. The molecule has 0 bridgehead atoms. The van der Waals surface area contributed by atoms with Gasteiger partial charge in [0.25, 0.3) is 0 Å². The van der Waals surface area contributed by atoms with Crippen LogP contribution < -0.4 is 10.4 Å². The average Bonchev–Trinajstić information content (AvgIpc) is 2.46. The first-order chi connectivity index (χ1) is 9.15. The summed E-state index contributed by atoms with van der Waals surface area (Å²) in [6, 6.07) is 15.3. The molecule has 2 aromatic rings. The highest BCUT2D eigenvalue weighted by molar-refractivity contribution is 7.21. The van der Waals surface area contributed by atoms with Crippen molar-refractivity contribution in [3.63, 3.8) is 0 Å². The van der Waals surface area contributed by atoms with Crippen molar-refractivity contribution in [2.45, 2.75) is 33.6 Å². The fourth-order valence-electron chi connectivity index (χ4n) is 2.27. The molecule has 0 fully saturated rings. The average molecular weight is 288 g/mol. The van der Waals surface area contributed by atoms with Gasteiger partial charge < -0.3 is 0 Å². The quantitative estimate of drug-likeness (QED) is 0.597. The van der Waals surface area contributed by atoms with E-state index in [1.807, 2.05) is 0 Å². The minimum Gasteiger partial charge on any atom is -0.156 e. The van der Waals surface area contributed by atoms with Gasteiger partial charge in [-0.2, -0.15) is 11.1 Å². The number of rotatable bonds is 4. The molecular weight excluding hydrogens is 268 g/mol. The first kappa shape index (κ1) is 14.4. The molecule has 0 N–H and O–H groups in total. The van der Waals surface area contributed by atoms with Gasteiger partial charge in [0.2, 0.25) is 8.11 Å². The van der Waals surface area contributed by atoms with Crippen molar-refractivity contribution >= 4 is 29.6 Å². The van der Waals surface area contributed by atoms with E-state index in [1.54, 1.807) is 0 Å². The highest BCUT2D eigenvalue weighted by Crippen LogP contribution is 2.08. The van der Waals surface area contributed by atoms with E-state index in [2.05, 4.69) is 63.2 Å². The van der Waals surface area contributed by atoms with E-state index in [1.165, 1.54) is 27.1 Å². The molecule has 0 aliphatic carbocycles. The molecule has 0 spiro atoms. The summed E-state index contributed by atoms with van der Waals surface area (Å²) in [7, 11) is -1.17. The third kappa shape index (κ3) is 3.29. The van der Waals surface area contributed by atoms with Gasteiger partial charge in [0, 0.05) is 0 Å². The summed E-state index contributed by atoms with van der Waals surface area (Å²) in [4.78, 5) is 0. The van der Waals surface area contributed by atoms with E-state index in [4.69, 9.17) is 11.1 Å². The lowest BCUT2D eigenvalue weighted by molar-refractivity contribution is 1.09. The molecule has 0 aliphatic rings. The maximum Gasteiger partial charge on any atom is 0.234 e. The van der Waals surface area contributed by atoms with Crippen molar-refractivity contribution in [3.8, 4) is 0 Å². The molecule has 2 aromatic carbocycles. The molecular formula is C17H20ClSi. The van der Waals surface area contributed by atoms with Crippen LogP contribution >= 0.6 is 11.1 Å². The Hall–Kier alpha value is -1.05. The van der Waals surface area contributed by atoms with Gasteiger partial charge in [0.05, 0.1) is 0 Å². The molecule has 0 aromatic heterocycles. The van der Waals surface area contributed by atoms with Gasteiger partial charge >= 0.3 is 0 Å². The SMILES string of the molecule is CCc1cc(CC)cc([Si](Cl)c2ccccc2C)c1. The first-order valence-corrected chi connectivity index (χ1v) is 9.38. The molecule has 99 valence electrons. The van der Waals surface area contributed by atoms with Crippen molar-refractivity contribution in [1.82, 2.24) is 0 Å². The Balaban J connectivity index is 2.43. The smallest absolute Gasteiger partial charge is 0.156 e. The molecule has 0 nitrogen and oxygen atoms in total. The maximum atomic E-state index is 6.80. The molecule has 0 unspecified atom stereocenters. The molecule has 0 aliphatic heterocycles. The highest BCUT2D eigenvalue weighted by atomic mass is 35.6. The molecule has 0 heterocycles. The van der Waals surface area contributed by atoms with Crippen LogP contribution in [0.4, 0.5) is 0 Å². The first-order valence-electron chi connectivity index (χ1n) is 6.87. The lowest BCUT2D eigenvalue weighted by Gasteiger charge is -2.13. The van der Waals surface area contributed by atoms with Crippen LogP contribution in [-0.2, 0) is 12.8 Å². The fraction of sp³-hybridized carbons (Fsp3) is 0.294. The van der Waals surface area contributed by atoms with Crippen LogP contribution in [-0.4, -0.2) is 8.11 Å².